The number of nitrogens with one attached hydrogen (secondary N) is 3. The number of H-pyrrole nitrogens is 2. The quantitative estimate of drug-likeness (QED) is 0.0851. The van der Waals surface area contributed by atoms with Crippen LogP contribution in [0, 0.1) is 11.6 Å². The van der Waals surface area contributed by atoms with Crippen molar-refractivity contribution in [2.45, 2.75) is 52.6 Å². The lowest BCUT2D eigenvalue weighted by atomic mass is 10.0. The summed E-state index contributed by atoms with van der Waals surface area (Å²) in [5, 5.41) is 16.6. The Morgan fingerprint density at radius 1 is 0.623 bits per heavy atom. The smallest absolute Gasteiger partial charge is 0.335 e. The number of nitrogens with zero attached hydrogens (tertiary/aromatic N) is 4. The van der Waals surface area contributed by atoms with Gasteiger partial charge in [0.05, 0.1) is 26.6 Å². The molecular weight excluding hydrogens is 918 g/mol. The second-order valence-electron chi connectivity index (χ2n) is 16.3. The molecule has 6 aromatic heterocycles. The zero-order valence-electron chi connectivity index (χ0n) is 37.6. The van der Waals surface area contributed by atoms with Crippen LogP contribution in [0.2, 0.25) is 10.0 Å². The number of aromatic amines is 2. The van der Waals surface area contributed by atoms with Crippen molar-refractivity contribution in [2.75, 3.05) is 0 Å². The molecule has 0 saturated heterocycles. The molecule has 0 fully saturated rings. The molecule has 0 aliphatic carbocycles. The van der Waals surface area contributed by atoms with E-state index in [9.17, 15) is 18.4 Å². The molecule has 69 heavy (non-hydrogen) atoms. The normalized spacial score (nSPS) is 11.1. The van der Waals surface area contributed by atoms with Crippen LogP contribution < -0.4 is 11.1 Å². The molecule has 15 heteroatoms. The van der Waals surface area contributed by atoms with Gasteiger partial charge in [-0.2, -0.15) is 0 Å². The molecule has 0 radical (unpaired) electrons. The van der Waals surface area contributed by atoms with Crippen LogP contribution in [0.25, 0.3) is 43.6 Å². The molecule has 0 unspecified atom stereocenters. The summed E-state index contributed by atoms with van der Waals surface area (Å²) in [5.74, 6) is -1.93. The number of aromatic carboxylic acids is 1. The molecule has 4 aromatic carbocycles. The number of aryl methyl sites for hydroxylation is 2. The predicted molar refractivity (Wildman–Crippen MR) is 269 cm³/mol. The van der Waals surface area contributed by atoms with E-state index in [1.165, 1.54) is 35.5 Å². The Bertz CT molecular complexity index is 3500. The summed E-state index contributed by atoms with van der Waals surface area (Å²) in [4.78, 5) is 47.2. The fourth-order valence-corrected chi connectivity index (χ4v) is 8.20. The lowest BCUT2D eigenvalue weighted by Crippen LogP contribution is -2.23. The van der Waals surface area contributed by atoms with Crippen molar-refractivity contribution in [3.63, 3.8) is 0 Å². The van der Waals surface area contributed by atoms with Crippen LogP contribution in [0.15, 0.2) is 134 Å². The summed E-state index contributed by atoms with van der Waals surface area (Å²) < 4.78 is 27.6. The summed E-state index contributed by atoms with van der Waals surface area (Å²) in [5.41, 5.74) is 16.3. The third kappa shape index (κ3) is 11.6. The Kier molecular flexibility index (Phi) is 15.0. The lowest BCUT2D eigenvalue weighted by molar-refractivity contribution is 0.0696. The van der Waals surface area contributed by atoms with Gasteiger partial charge < -0.3 is 26.1 Å². The minimum atomic E-state index is -0.932. The second-order valence-corrected chi connectivity index (χ2v) is 17.1. The Hall–Kier alpha value is -7.58. The first-order chi connectivity index (χ1) is 33.4. The summed E-state index contributed by atoms with van der Waals surface area (Å²) >= 11 is 12.0. The van der Waals surface area contributed by atoms with Crippen LogP contribution in [0.1, 0.15) is 79.3 Å². The van der Waals surface area contributed by atoms with Crippen molar-refractivity contribution < 1.29 is 23.5 Å². The van der Waals surface area contributed by atoms with E-state index in [2.05, 4.69) is 73.3 Å². The van der Waals surface area contributed by atoms with E-state index >= 15 is 0 Å². The van der Waals surface area contributed by atoms with Crippen molar-refractivity contribution in [3.05, 3.63) is 212 Å². The topological polar surface area (TPSA) is 176 Å². The molecule has 0 aliphatic heterocycles. The van der Waals surface area contributed by atoms with Gasteiger partial charge >= 0.3 is 5.97 Å². The van der Waals surface area contributed by atoms with Crippen molar-refractivity contribution in [3.8, 4) is 0 Å². The number of halogens is 4. The molecule has 0 spiro atoms. The summed E-state index contributed by atoms with van der Waals surface area (Å²) in [6, 6.07) is 29.2. The number of fused-ring (bicyclic) bond motifs is 4. The fourth-order valence-electron chi connectivity index (χ4n) is 7.78. The maximum atomic E-state index is 14.4. The van der Waals surface area contributed by atoms with Crippen molar-refractivity contribution >= 4 is 78.7 Å². The fraction of sp³-hybridized carbons (Fsp3) is 0.148. The Morgan fingerprint density at radius 3 is 1.61 bits per heavy atom. The van der Waals surface area contributed by atoms with E-state index in [0.717, 1.165) is 67.9 Å². The largest absolute Gasteiger partial charge is 0.478 e. The third-order valence-electron chi connectivity index (χ3n) is 11.6. The van der Waals surface area contributed by atoms with Gasteiger partial charge in [0.2, 0.25) is 0 Å². The highest BCUT2D eigenvalue weighted by Gasteiger charge is 2.13. The standard InChI is InChI=1S/C27H22ClFN4O.C18H16N2O2.C9H8ClFN2/c1-2-16-7-19-8-17(3-4-25(19)31-13-16)9-21-10-18(5-6-30-21)27(34)33-14-20-11-22-23(28)15-32-26(22)12-24(20)29;1-2-12-7-15-8-13(3-4-17(15)20-11-12)9-16-10-14(18(21)22)5-6-19-16;10-7-4-13-9-2-8(11)5(3-12)1-6(7)9/h3-8,10-13,15,32H,2,9,14H2,1H3,(H,33,34);3-8,10-11H,2,9H2,1H3,(H,21,22);1-2,4,13H,3,12H2. The second kappa shape index (κ2) is 21.6. The molecule has 0 saturated carbocycles. The SMILES string of the molecule is CCc1cnc2ccc(Cc3cc(C(=O)NCc4cc5c(Cl)c[nH]c5cc4F)ccn3)cc2c1.CCc1cnc2ccc(Cc3cc(C(=O)O)ccn3)cc2c1.NCc1cc2c(Cl)c[nH]c2cc1F. The molecule has 10 aromatic rings. The van der Waals surface area contributed by atoms with E-state index in [-0.39, 0.29) is 30.4 Å². The maximum Gasteiger partial charge on any atom is 0.335 e. The van der Waals surface area contributed by atoms with E-state index in [4.69, 9.17) is 34.0 Å². The maximum absolute atomic E-state index is 14.4. The Labute approximate surface area is 405 Å². The van der Waals surface area contributed by atoms with Crippen LogP contribution in [0.3, 0.4) is 0 Å². The van der Waals surface area contributed by atoms with E-state index in [1.54, 1.807) is 48.9 Å². The monoisotopic (exact) mass is 962 g/mol. The van der Waals surface area contributed by atoms with Crippen LogP contribution in [-0.2, 0) is 38.8 Å². The third-order valence-corrected chi connectivity index (χ3v) is 12.2. The predicted octanol–water partition coefficient (Wildman–Crippen LogP) is 11.9. The Morgan fingerprint density at radius 2 is 1.10 bits per heavy atom. The van der Waals surface area contributed by atoms with Crippen LogP contribution in [0.4, 0.5) is 8.78 Å². The molecular formula is C54H46Cl2F2N8O3. The first-order valence-electron chi connectivity index (χ1n) is 22.1. The molecule has 10 rings (SSSR count). The van der Waals surface area contributed by atoms with Crippen molar-refractivity contribution in [1.29, 1.82) is 0 Å². The number of amides is 1. The number of carboxylic acid groups (broad SMARTS) is 1. The average Bonchev–Trinajstić information content (AvgIpc) is 3.91. The average molecular weight is 964 g/mol. The van der Waals surface area contributed by atoms with Crippen LogP contribution in [0.5, 0.6) is 0 Å². The lowest BCUT2D eigenvalue weighted by Gasteiger charge is -2.09. The molecule has 348 valence electrons. The highest BCUT2D eigenvalue weighted by molar-refractivity contribution is 6.36. The van der Waals surface area contributed by atoms with Gasteiger partial charge in [-0.15, -0.1) is 0 Å². The first-order valence-corrected chi connectivity index (χ1v) is 22.9. The van der Waals surface area contributed by atoms with Gasteiger partial charge in [0.25, 0.3) is 5.91 Å². The number of carboxylic acids is 1. The number of carbonyl (C=O) groups is 2. The zero-order chi connectivity index (χ0) is 48.6. The highest BCUT2D eigenvalue weighted by Crippen LogP contribution is 2.27. The number of benzene rings is 4. The molecule has 0 bridgehead atoms. The minimum absolute atomic E-state index is 0.0528. The van der Waals surface area contributed by atoms with Gasteiger partial charge in [0.15, 0.2) is 0 Å². The number of carbonyl (C=O) groups excluding carboxylic acids is 1. The van der Waals surface area contributed by atoms with Crippen LogP contribution >= 0.6 is 23.2 Å². The van der Waals surface area contributed by atoms with Gasteiger partial charge in [0, 0.05) is 124 Å². The van der Waals surface area contributed by atoms with E-state index in [1.807, 2.05) is 36.7 Å². The Balaban J connectivity index is 0.000000156. The molecule has 1 amide bonds. The number of rotatable bonds is 11. The van der Waals surface area contributed by atoms with Crippen molar-refractivity contribution in [1.82, 2.24) is 35.2 Å². The van der Waals surface area contributed by atoms with Gasteiger partial charge in [-0.3, -0.25) is 24.7 Å². The molecule has 0 atom stereocenters. The van der Waals surface area contributed by atoms with Gasteiger partial charge in [-0.05, 0) is 120 Å². The zero-order valence-corrected chi connectivity index (χ0v) is 39.1. The van der Waals surface area contributed by atoms with Crippen LogP contribution in [-0.4, -0.2) is 46.9 Å². The van der Waals surface area contributed by atoms with Gasteiger partial charge in [-0.25, -0.2) is 13.6 Å². The number of pyridine rings is 4. The molecule has 6 N–H and O–H groups in total. The number of nitrogens with two attached hydrogens (primary N) is 1. The number of aromatic nitrogens is 6. The number of hydrogen-bond donors (Lipinski definition) is 5. The minimum Gasteiger partial charge on any atom is -0.478 e. The van der Waals surface area contributed by atoms with Gasteiger partial charge in [-0.1, -0.05) is 49.2 Å². The first kappa shape index (κ1) is 47.9. The summed E-state index contributed by atoms with van der Waals surface area (Å²) in [6.45, 7) is 4.45. The summed E-state index contributed by atoms with van der Waals surface area (Å²) in [7, 11) is 0. The highest BCUT2D eigenvalue weighted by atomic mass is 35.5. The van der Waals surface area contributed by atoms with Gasteiger partial charge in [0.1, 0.15) is 11.6 Å². The number of hydrogen-bond acceptors (Lipinski definition) is 7. The molecule has 0 aliphatic rings. The summed E-state index contributed by atoms with van der Waals surface area (Å²) in [6.07, 6.45) is 13.3. The van der Waals surface area contributed by atoms with E-state index < -0.39 is 11.8 Å². The van der Waals surface area contributed by atoms with E-state index in [0.29, 0.717) is 50.6 Å². The van der Waals surface area contributed by atoms with Crippen molar-refractivity contribution in [2.24, 2.45) is 5.73 Å². The molecule has 6 heterocycles. The molecule has 11 nitrogen and oxygen atoms in total.